The van der Waals surface area contributed by atoms with Crippen LogP contribution in [0.15, 0.2) is 29.2 Å². The zero-order chi connectivity index (χ0) is 20.7. The summed E-state index contributed by atoms with van der Waals surface area (Å²) in [6.07, 6.45) is 1.95. The second-order valence-electron chi connectivity index (χ2n) is 3.48. The quantitative estimate of drug-likeness (QED) is 0.199. The van der Waals surface area contributed by atoms with Crippen LogP contribution in [0.2, 0.25) is 0 Å². The van der Waals surface area contributed by atoms with Crippen molar-refractivity contribution in [2.24, 2.45) is 0 Å². The minimum absolute atomic E-state index is 0. The summed E-state index contributed by atoms with van der Waals surface area (Å²) in [6, 6.07) is 6.88. The number of halogens is 6. The number of hydrogen-bond acceptors (Lipinski definition) is 8. The molecule has 1 aromatic carbocycles. The number of hydrogen-bond donors (Lipinski definition) is 0. The van der Waals surface area contributed by atoms with Gasteiger partial charge in [0, 0.05) is 4.90 Å². The molecule has 0 N–H and O–H groups in total. The van der Waals surface area contributed by atoms with Gasteiger partial charge < -0.3 is 14.2 Å². The average molecular weight is 464 g/mol. The Morgan fingerprint density at radius 1 is 0.885 bits per heavy atom. The fourth-order valence-corrected chi connectivity index (χ4v) is 1.05. The van der Waals surface area contributed by atoms with Gasteiger partial charge in [-0.2, -0.15) is 26.3 Å². The molecule has 0 saturated heterocycles. The van der Waals surface area contributed by atoms with E-state index in [2.05, 4.69) is 0 Å². The SMILES string of the molecule is CSc1cccc([O-])c1.O=S(=O)([O-])C(F)(F)F.O=S(=O)([O-])C(F)(F)F.[Al+3]. The van der Waals surface area contributed by atoms with Gasteiger partial charge in [-0.15, -0.1) is 17.5 Å². The molecule has 7 nitrogen and oxygen atoms in total. The third-order valence-electron chi connectivity index (χ3n) is 1.61. The maximum absolute atomic E-state index is 10.7. The van der Waals surface area contributed by atoms with Crippen LogP contribution in [-0.2, 0) is 20.2 Å². The van der Waals surface area contributed by atoms with Crippen molar-refractivity contribution in [2.45, 2.75) is 15.9 Å². The van der Waals surface area contributed by atoms with Crippen molar-refractivity contribution in [3.63, 3.8) is 0 Å². The van der Waals surface area contributed by atoms with Crippen molar-refractivity contribution < 1.29 is 57.4 Å². The molecule has 0 heterocycles. The molecule has 0 spiro atoms. The predicted molar refractivity (Wildman–Crippen MR) is 74.9 cm³/mol. The van der Waals surface area contributed by atoms with Crippen LogP contribution in [0.5, 0.6) is 5.75 Å². The van der Waals surface area contributed by atoms with Gasteiger partial charge in [0.2, 0.25) is 0 Å². The Kier molecular flexibility index (Phi) is 13.0. The Morgan fingerprint density at radius 2 is 1.19 bits per heavy atom. The Hall–Kier alpha value is -0.698. The van der Waals surface area contributed by atoms with Crippen LogP contribution in [0, 0.1) is 0 Å². The summed E-state index contributed by atoms with van der Waals surface area (Å²) in [5.41, 5.74) is -11.3. The molecule has 148 valence electrons. The molecule has 1 rings (SSSR count). The van der Waals surface area contributed by atoms with Gasteiger partial charge in [0.05, 0.1) is 0 Å². The molecule has 0 bridgehead atoms. The van der Waals surface area contributed by atoms with Crippen molar-refractivity contribution in [1.82, 2.24) is 0 Å². The molecule has 0 amide bonds. The van der Waals surface area contributed by atoms with Crippen LogP contribution >= 0.6 is 11.8 Å². The van der Waals surface area contributed by atoms with E-state index < -0.39 is 31.3 Å². The van der Waals surface area contributed by atoms with Crippen molar-refractivity contribution >= 4 is 49.4 Å². The van der Waals surface area contributed by atoms with Crippen LogP contribution in [-0.4, -0.2) is 60.6 Å². The van der Waals surface area contributed by atoms with Crippen molar-refractivity contribution in [1.29, 1.82) is 0 Å². The monoisotopic (exact) mass is 464 g/mol. The summed E-state index contributed by atoms with van der Waals surface area (Å²) >= 11 is 1.58. The van der Waals surface area contributed by atoms with Crippen LogP contribution in [0.4, 0.5) is 26.3 Å². The van der Waals surface area contributed by atoms with Crippen LogP contribution in [0.25, 0.3) is 0 Å². The van der Waals surface area contributed by atoms with E-state index in [1.54, 1.807) is 30.0 Å². The summed E-state index contributed by atoms with van der Waals surface area (Å²) in [7, 11) is -12.2. The fraction of sp³-hybridized carbons (Fsp3) is 0.333. The molecule has 0 aliphatic rings. The third-order valence-corrected chi connectivity index (χ3v) is 3.47. The molecular formula is C9H7AlF6O7S3. The standard InChI is InChI=1S/C7H8OS.2CHF3O3S.Al/c1-9-7-4-2-3-6(8)5-7;2*2-1(3,4)8(5,6)7;/h2-5,8H,1H3;2*(H,5,6,7);/q;;;+3/p-3. The minimum Gasteiger partial charge on any atom is -0.872 e. The van der Waals surface area contributed by atoms with E-state index in [1.165, 1.54) is 0 Å². The van der Waals surface area contributed by atoms with E-state index in [9.17, 15) is 31.4 Å². The summed E-state index contributed by atoms with van der Waals surface area (Å²) in [6.45, 7) is 0. The second kappa shape index (κ2) is 11.2. The fourth-order valence-electron chi connectivity index (χ4n) is 0.601. The minimum atomic E-state index is -6.09. The number of thioether (sulfide) groups is 1. The number of benzene rings is 1. The van der Waals surface area contributed by atoms with Gasteiger partial charge in [-0.1, -0.05) is 18.2 Å². The van der Waals surface area contributed by atoms with Gasteiger partial charge in [-0.25, -0.2) is 16.8 Å². The molecule has 0 radical (unpaired) electrons. The second-order valence-corrected chi connectivity index (χ2v) is 7.10. The Balaban J connectivity index is -0.000000301. The van der Waals surface area contributed by atoms with Crippen LogP contribution in [0.1, 0.15) is 0 Å². The molecular weight excluding hydrogens is 457 g/mol. The number of alkyl halides is 6. The van der Waals surface area contributed by atoms with Crippen LogP contribution < -0.4 is 5.11 Å². The topological polar surface area (TPSA) is 137 Å². The number of rotatable bonds is 1. The molecule has 0 atom stereocenters. The molecule has 0 unspecified atom stereocenters. The summed E-state index contributed by atoms with van der Waals surface area (Å²) in [5, 5.41) is 10.6. The molecule has 1 aromatic rings. The van der Waals surface area contributed by atoms with E-state index in [-0.39, 0.29) is 23.1 Å². The molecule has 0 saturated carbocycles. The Morgan fingerprint density at radius 3 is 1.35 bits per heavy atom. The molecule has 26 heavy (non-hydrogen) atoms. The van der Waals surface area contributed by atoms with E-state index >= 15 is 0 Å². The van der Waals surface area contributed by atoms with Crippen molar-refractivity contribution in [3.8, 4) is 5.75 Å². The first kappa shape index (κ1) is 30.0. The normalized spacial score (nSPS) is 11.9. The van der Waals surface area contributed by atoms with Gasteiger partial charge in [-0.3, -0.25) is 0 Å². The average Bonchev–Trinajstić information content (AvgIpc) is 2.35. The van der Waals surface area contributed by atoms with E-state index in [1.807, 2.05) is 12.3 Å². The molecule has 0 aromatic heterocycles. The van der Waals surface area contributed by atoms with Gasteiger partial charge in [0.25, 0.3) is 0 Å². The zero-order valence-corrected chi connectivity index (χ0v) is 15.8. The van der Waals surface area contributed by atoms with Crippen molar-refractivity contribution in [2.75, 3.05) is 6.26 Å². The third kappa shape index (κ3) is 13.5. The van der Waals surface area contributed by atoms with E-state index in [0.29, 0.717) is 0 Å². The summed E-state index contributed by atoms with van der Waals surface area (Å²) in [5.74, 6) is 0.0850. The Labute approximate surface area is 159 Å². The first-order valence-corrected chi connectivity index (χ1v) is 9.22. The first-order valence-electron chi connectivity index (χ1n) is 5.18. The first-order chi connectivity index (χ1) is 10.8. The molecule has 0 aliphatic carbocycles. The van der Waals surface area contributed by atoms with E-state index in [0.717, 1.165) is 4.90 Å². The molecule has 17 heteroatoms. The zero-order valence-electron chi connectivity index (χ0n) is 12.2. The summed E-state index contributed by atoms with van der Waals surface area (Å²) in [4.78, 5) is 1.03. The van der Waals surface area contributed by atoms with Crippen LogP contribution in [0.3, 0.4) is 0 Å². The maximum atomic E-state index is 10.7. The largest absolute Gasteiger partial charge is 3.00 e. The van der Waals surface area contributed by atoms with E-state index in [4.69, 9.17) is 25.9 Å². The predicted octanol–water partition coefficient (Wildman–Crippen LogP) is 1.20. The maximum Gasteiger partial charge on any atom is 3.00 e. The van der Waals surface area contributed by atoms with Gasteiger partial charge in [0.1, 0.15) is 0 Å². The van der Waals surface area contributed by atoms with Gasteiger partial charge in [-0.05, 0) is 12.3 Å². The summed E-state index contributed by atoms with van der Waals surface area (Å²) < 4.78 is 118. The van der Waals surface area contributed by atoms with Gasteiger partial charge in [0.15, 0.2) is 20.2 Å². The Bertz CT molecular complexity index is 704. The molecule has 0 aliphatic heterocycles. The smallest absolute Gasteiger partial charge is 0.872 e. The molecule has 0 fully saturated rings. The van der Waals surface area contributed by atoms with Gasteiger partial charge >= 0.3 is 28.4 Å². The van der Waals surface area contributed by atoms with Crippen molar-refractivity contribution in [3.05, 3.63) is 24.3 Å².